The van der Waals surface area contributed by atoms with Crippen LogP contribution in [-0.4, -0.2) is 25.1 Å². The van der Waals surface area contributed by atoms with Crippen LogP contribution in [0.5, 0.6) is 0 Å². The zero-order valence-electron chi connectivity index (χ0n) is 11.7. The van der Waals surface area contributed by atoms with E-state index in [0.717, 1.165) is 0 Å². The topological polar surface area (TPSA) is 9.23 Å². The lowest BCUT2D eigenvalue weighted by atomic mass is 9.78. The van der Waals surface area contributed by atoms with E-state index in [1.165, 1.54) is 0 Å². The average Bonchev–Trinajstić information content (AvgIpc) is 2.63. The number of hydrogen-bond acceptors (Lipinski definition) is 1. The molecule has 0 N–H and O–H groups in total. The van der Waals surface area contributed by atoms with Gasteiger partial charge in [0.1, 0.15) is 0 Å². The highest BCUT2D eigenvalue weighted by Crippen LogP contribution is 2.53. The minimum Gasteiger partial charge on any atom is -0.361 e. The van der Waals surface area contributed by atoms with Crippen molar-refractivity contribution in [1.29, 1.82) is 0 Å². The van der Waals surface area contributed by atoms with Gasteiger partial charge >= 0.3 is 12.4 Å². The molecular weight excluding hydrogens is 286 g/mol. The summed E-state index contributed by atoms with van der Waals surface area (Å²) < 4.78 is 82.2. The molecule has 0 aromatic carbocycles. The second kappa shape index (κ2) is 5.73. The van der Waals surface area contributed by atoms with Crippen LogP contribution in [0, 0.1) is 17.8 Å². The van der Waals surface area contributed by atoms with Crippen LogP contribution >= 0.6 is 0 Å². The number of methoxy groups -OCH3 is 1. The van der Waals surface area contributed by atoms with Crippen molar-refractivity contribution in [2.24, 2.45) is 17.8 Å². The molecule has 7 heteroatoms. The molecule has 0 bridgehead atoms. The lowest BCUT2D eigenvalue weighted by molar-refractivity contribution is -0.380. The SMILES string of the molecule is CCC1CCC(C)C1CC(OC)(C(F)(F)F)C(F)(F)F. The molecule has 0 saturated heterocycles. The Labute approximate surface area is 114 Å². The Hall–Kier alpha value is -0.460. The van der Waals surface area contributed by atoms with E-state index in [0.29, 0.717) is 26.4 Å². The normalized spacial score (nSPS) is 28.9. The zero-order chi connectivity index (χ0) is 15.8. The van der Waals surface area contributed by atoms with Gasteiger partial charge in [0, 0.05) is 7.11 Å². The first-order chi connectivity index (χ1) is 9.00. The number of rotatable bonds is 4. The molecule has 20 heavy (non-hydrogen) atoms. The van der Waals surface area contributed by atoms with Gasteiger partial charge in [-0.1, -0.05) is 26.7 Å². The maximum absolute atomic E-state index is 13.0. The third-order valence-corrected chi connectivity index (χ3v) is 4.64. The molecule has 1 fully saturated rings. The maximum atomic E-state index is 13.0. The molecule has 0 radical (unpaired) electrons. The molecule has 1 rings (SSSR count). The van der Waals surface area contributed by atoms with E-state index in [9.17, 15) is 26.3 Å². The third kappa shape index (κ3) is 2.92. The Morgan fingerprint density at radius 3 is 1.85 bits per heavy atom. The highest BCUT2D eigenvalue weighted by molar-refractivity contribution is 5.00. The van der Waals surface area contributed by atoms with Crippen molar-refractivity contribution in [3.05, 3.63) is 0 Å². The smallest absolute Gasteiger partial charge is 0.361 e. The van der Waals surface area contributed by atoms with Crippen molar-refractivity contribution in [2.75, 3.05) is 7.11 Å². The van der Waals surface area contributed by atoms with Crippen molar-refractivity contribution < 1.29 is 31.1 Å². The van der Waals surface area contributed by atoms with Crippen LogP contribution in [-0.2, 0) is 4.74 Å². The lowest BCUT2D eigenvalue weighted by Crippen LogP contribution is -2.59. The van der Waals surface area contributed by atoms with Crippen LogP contribution in [0.25, 0.3) is 0 Å². The van der Waals surface area contributed by atoms with Gasteiger partial charge in [0.25, 0.3) is 5.60 Å². The first kappa shape index (κ1) is 17.6. The fourth-order valence-electron chi connectivity index (χ4n) is 3.28. The third-order valence-electron chi connectivity index (χ3n) is 4.64. The minimum atomic E-state index is -5.47. The van der Waals surface area contributed by atoms with Crippen LogP contribution in [0.15, 0.2) is 0 Å². The molecular formula is C13H20F6O. The zero-order valence-corrected chi connectivity index (χ0v) is 11.7. The van der Waals surface area contributed by atoms with Gasteiger partial charge in [0.2, 0.25) is 0 Å². The van der Waals surface area contributed by atoms with Crippen molar-refractivity contribution >= 4 is 0 Å². The van der Waals surface area contributed by atoms with E-state index in [2.05, 4.69) is 4.74 Å². The van der Waals surface area contributed by atoms with Crippen LogP contribution in [0.2, 0.25) is 0 Å². The number of halogens is 6. The molecule has 1 aliphatic rings. The molecule has 1 aliphatic carbocycles. The Morgan fingerprint density at radius 2 is 1.50 bits per heavy atom. The highest BCUT2D eigenvalue weighted by Gasteiger charge is 2.72. The molecule has 0 amide bonds. The summed E-state index contributed by atoms with van der Waals surface area (Å²) in [5.41, 5.74) is -4.06. The van der Waals surface area contributed by atoms with E-state index in [1.807, 2.05) is 0 Å². The molecule has 3 unspecified atom stereocenters. The predicted molar refractivity (Wildman–Crippen MR) is 62.1 cm³/mol. The summed E-state index contributed by atoms with van der Waals surface area (Å²) in [5, 5.41) is 0. The van der Waals surface area contributed by atoms with Gasteiger partial charge in [-0.3, -0.25) is 0 Å². The van der Waals surface area contributed by atoms with Crippen LogP contribution in [0.4, 0.5) is 26.3 Å². The molecule has 120 valence electrons. The quantitative estimate of drug-likeness (QED) is 0.667. The van der Waals surface area contributed by atoms with Gasteiger partial charge in [-0.15, -0.1) is 0 Å². The van der Waals surface area contributed by atoms with Crippen LogP contribution < -0.4 is 0 Å². The van der Waals surface area contributed by atoms with Gasteiger partial charge in [0.15, 0.2) is 0 Å². The second-order valence-corrected chi connectivity index (χ2v) is 5.62. The van der Waals surface area contributed by atoms with Crippen LogP contribution in [0.3, 0.4) is 0 Å². The van der Waals surface area contributed by atoms with Gasteiger partial charge in [0.05, 0.1) is 0 Å². The van der Waals surface area contributed by atoms with Gasteiger partial charge in [-0.05, 0) is 30.6 Å². The molecule has 0 aliphatic heterocycles. The Bertz CT molecular complexity index is 308. The summed E-state index contributed by atoms with van der Waals surface area (Å²) in [5.74, 6) is -0.883. The summed E-state index contributed by atoms with van der Waals surface area (Å²) in [6.45, 7) is 3.51. The monoisotopic (exact) mass is 306 g/mol. The van der Waals surface area contributed by atoms with Gasteiger partial charge in [-0.2, -0.15) is 26.3 Å². The first-order valence-corrected chi connectivity index (χ1v) is 6.68. The minimum absolute atomic E-state index is 0.107. The summed E-state index contributed by atoms with van der Waals surface area (Å²) in [6.07, 6.45) is -10.1. The molecule has 0 aromatic rings. The summed E-state index contributed by atoms with van der Waals surface area (Å²) >= 11 is 0. The van der Waals surface area contributed by atoms with E-state index >= 15 is 0 Å². The fourth-order valence-corrected chi connectivity index (χ4v) is 3.28. The van der Waals surface area contributed by atoms with E-state index in [1.54, 1.807) is 13.8 Å². The van der Waals surface area contributed by atoms with Crippen LogP contribution in [0.1, 0.15) is 39.5 Å². The predicted octanol–water partition coefficient (Wildman–Crippen LogP) is 4.96. The average molecular weight is 306 g/mol. The Morgan fingerprint density at radius 1 is 1.00 bits per heavy atom. The highest BCUT2D eigenvalue weighted by atomic mass is 19.4. The number of ether oxygens (including phenoxy) is 1. The number of hydrogen-bond donors (Lipinski definition) is 0. The molecule has 0 aromatic heterocycles. The second-order valence-electron chi connectivity index (χ2n) is 5.62. The Kier molecular flexibility index (Phi) is 5.04. The van der Waals surface area contributed by atoms with E-state index < -0.39 is 30.3 Å². The van der Waals surface area contributed by atoms with Crippen molar-refractivity contribution in [2.45, 2.75) is 57.5 Å². The van der Waals surface area contributed by atoms with E-state index in [4.69, 9.17) is 0 Å². The molecule has 1 saturated carbocycles. The standard InChI is InChI=1S/C13H20F6O/c1-4-9-6-5-8(2)10(9)7-11(20-3,12(14,15)16)13(17,18)19/h8-10H,4-7H2,1-3H3. The van der Waals surface area contributed by atoms with Crippen molar-refractivity contribution in [3.63, 3.8) is 0 Å². The summed E-state index contributed by atoms with van der Waals surface area (Å²) in [4.78, 5) is 0. The van der Waals surface area contributed by atoms with Crippen molar-refractivity contribution in [3.8, 4) is 0 Å². The molecule has 0 spiro atoms. The lowest BCUT2D eigenvalue weighted by Gasteiger charge is -2.39. The molecule has 3 atom stereocenters. The largest absolute Gasteiger partial charge is 0.426 e. The van der Waals surface area contributed by atoms with Crippen molar-refractivity contribution in [1.82, 2.24) is 0 Å². The summed E-state index contributed by atoms with van der Waals surface area (Å²) in [6, 6.07) is 0. The first-order valence-electron chi connectivity index (χ1n) is 6.68. The molecule has 0 heterocycles. The summed E-state index contributed by atoms with van der Waals surface area (Å²) in [7, 11) is 0.488. The fraction of sp³-hybridized carbons (Fsp3) is 1.00. The number of alkyl halides is 6. The van der Waals surface area contributed by atoms with E-state index in [-0.39, 0.29) is 11.8 Å². The van der Waals surface area contributed by atoms with Gasteiger partial charge in [-0.25, -0.2) is 0 Å². The molecule has 1 nitrogen and oxygen atoms in total. The van der Waals surface area contributed by atoms with Gasteiger partial charge < -0.3 is 4.74 Å². The Balaban J connectivity index is 3.13. The maximum Gasteiger partial charge on any atom is 0.426 e.